The summed E-state index contributed by atoms with van der Waals surface area (Å²) < 4.78 is 30.0. The minimum Gasteiger partial charge on any atom is -0.491 e. The molecule has 0 aromatic rings. The van der Waals surface area contributed by atoms with Gasteiger partial charge in [0.2, 0.25) is 0 Å². The summed E-state index contributed by atoms with van der Waals surface area (Å²) in [4.78, 5) is 12.9. The lowest BCUT2D eigenvalue weighted by Crippen LogP contribution is -2.62. The van der Waals surface area contributed by atoms with Crippen molar-refractivity contribution in [2.45, 2.75) is 115 Å². The van der Waals surface area contributed by atoms with Crippen LogP contribution in [0.5, 0.6) is 0 Å². The van der Waals surface area contributed by atoms with E-state index in [9.17, 15) is 15.0 Å². The number of likely N-dealkylation sites (N-methyl/N-ethyl adjacent to an activating group) is 2. The minimum absolute atomic E-state index is 0.0402. The maximum Gasteiger partial charge on any atom is 0.286 e. The summed E-state index contributed by atoms with van der Waals surface area (Å²) in [7, 11) is 5.13. The molecule has 0 aromatic carbocycles. The van der Waals surface area contributed by atoms with Gasteiger partial charge in [-0.1, -0.05) is 90.1 Å². The third-order valence-electron chi connectivity index (χ3n) is 9.17. The molecular weight excluding hydrogens is 662 g/mol. The zero-order valence-electron chi connectivity index (χ0n) is 32.2. The molecule has 0 aromatic heterocycles. The Bertz CT molecular complexity index is 1440. The lowest BCUT2D eigenvalue weighted by Gasteiger charge is -2.44. The second-order valence-electron chi connectivity index (χ2n) is 13.8. The van der Waals surface area contributed by atoms with Gasteiger partial charge in [0.25, 0.3) is 5.91 Å². The Morgan fingerprint density at radius 3 is 2.35 bits per heavy atom. The van der Waals surface area contributed by atoms with Crippen LogP contribution in [-0.4, -0.2) is 105 Å². The van der Waals surface area contributed by atoms with E-state index in [0.29, 0.717) is 6.42 Å². The quantitative estimate of drug-likeness (QED) is 0.254. The van der Waals surface area contributed by atoms with Crippen LogP contribution in [0.3, 0.4) is 0 Å². The SMILES string of the molecule is CNC1CCC(OC2OCC(OC3/C=C/C=C/C(C)=C\C=C\C(C)=C\C(C)NC(=O)\C(OC)=C/C(C)=C/C=C/C=C/C3(C)O)C(NC)C2O)OC1C. The highest BCUT2D eigenvalue weighted by Crippen LogP contribution is 2.28. The molecule has 288 valence electrons. The van der Waals surface area contributed by atoms with E-state index in [0.717, 1.165) is 23.1 Å². The standard InChI is InChI=1S/C41H61N3O8/c1-27-16-12-13-20-35(51-34-26-49-40(38(45)37(34)43-8)52-36-22-21-32(42-7)31(5)50-36)41(6,47)23-14-10-11-17-29(3)25-33(48-9)39(46)44-30(4)24-28(2)19-15-18-27/h10-20,23-25,30-32,34-38,40,42-43,45,47H,21-22,26H2,1-9H3,(H,44,46)/b11-10+,16-12+,19-15+,20-13+,23-14+,27-18-,28-24+,29-17+,33-25+. The molecule has 3 aliphatic rings. The summed E-state index contributed by atoms with van der Waals surface area (Å²) in [5.41, 5.74) is 1.34. The number of carbonyl (C=O) groups is 1. The molecule has 0 bridgehead atoms. The zero-order valence-corrected chi connectivity index (χ0v) is 32.2. The molecule has 0 radical (unpaired) electrons. The molecule has 3 aliphatic heterocycles. The van der Waals surface area contributed by atoms with Crippen molar-refractivity contribution in [3.63, 3.8) is 0 Å². The van der Waals surface area contributed by atoms with Crippen LogP contribution in [0.4, 0.5) is 0 Å². The van der Waals surface area contributed by atoms with Gasteiger partial charge in [0.1, 0.15) is 17.8 Å². The summed E-state index contributed by atoms with van der Waals surface area (Å²) in [6, 6.07) is -0.521. The minimum atomic E-state index is -1.45. The molecule has 10 unspecified atom stereocenters. The van der Waals surface area contributed by atoms with Crippen molar-refractivity contribution in [3.8, 4) is 0 Å². The fourth-order valence-corrected chi connectivity index (χ4v) is 6.17. The molecule has 3 rings (SSSR count). The second kappa shape index (κ2) is 21.3. The highest BCUT2D eigenvalue weighted by atomic mass is 16.8. The van der Waals surface area contributed by atoms with Gasteiger partial charge in [-0.3, -0.25) is 4.79 Å². The first-order chi connectivity index (χ1) is 24.8. The molecule has 52 heavy (non-hydrogen) atoms. The predicted molar refractivity (Wildman–Crippen MR) is 205 cm³/mol. The summed E-state index contributed by atoms with van der Waals surface area (Å²) in [6.45, 7) is 11.5. The first-order valence-electron chi connectivity index (χ1n) is 18.1. The number of aliphatic hydroxyl groups excluding tert-OH is 1. The number of hydrogen-bond acceptors (Lipinski definition) is 10. The van der Waals surface area contributed by atoms with Crippen molar-refractivity contribution in [1.29, 1.82) is 0 Å². The van der Waals surface area contributed by atoms with Gasteiger partial charge in [0.15, 0.2) is 18.3 Å². The number of amides is 1. The van der Waals surface area contributed by atoms with Gasteiger partial charge in [0.05, 0.1) is 32.0 Å². The topological polar surface area (TPSA) is 140 Å². The van der Waals surface area contributed by atoms with E-state index in [2.05, 4.69) is 16.0 Å². The number of nitrogens with one attached hydrogen (secondary N) is 3. The molecular formula is C41H61N3O8. The lowest BCUT2D eigenvalue weighted by molar-refractivity contribution is -0.320. The predicted octanol–water partition coefficient (Wildman–Crippen LogP) is 4.59. The van der Waals surface area contributed by atoms with Gasteiger partial charge in [-0.15, -0.1) is 0 Å². The van der Waals surface area contributed by atoms with Crippen LogP contribution in [-0.2, 0) is 28.5 Å². The van der Waals surface area contributed by atoms with E-state index < -0.39 is 42.5 Å². The zero-order chi connectivity index (χ0) is 38.3. The Balaban J connectivity index is 1.86. The van der Waals surface area contributed by atoms with Crippen LogP contribution in [0.1, 0.15) is 54.4 Å². The summed E-state index contributed by atoms with van der Waals surface area (Å²) in [5.74, 6) is -0.123. The average Bonchev–Trinajstić information content (AvgIpc) is 3.09. The molecule has 0 aliphatic carbocycles. The monoisotopic (exact) mass is 723 g/mol. The highest BCUT2D eigenvalue weighted by molar-refractivity contribution is 5.92. The first kappa shape index (κ1) is 43.0. The Hall–Kier alpha value is -3.39. The fraction of sp³-hybridized carbons (Fsp3) is 0.537. The maximum absolute atomic E-state index is 12.9. The van der Waals surface area contributed by atoms with Crippen molar-refractivity contribution in [2.24, 2.45) is 0 Å². The van der Waals surface area contributed by atoms with Crippen LogP contribution >= 0.6 is 0 Å². The molecule has 0 saturated carbocycles. The summed E-state index contributed by atoms with van der Waals surface area (Å²) >= 11 is 0. The van der Waals surface area contributed by atoms with Gasteiger partial charge in [-0.05, 0) is 73.7 Å². The Kier molecular flexibility index (Phi) is 17.7. The van der Waals surface area contributed by atoms with Crippen molar-refractivity contribution in [3.05, 3.63) is 108 Å². The Labute approximate surface area is 310 Å². The van der Waals surface area contributed by atoms with Crippen LogP contribution in [0.15, 0.2) is 108 Å². The van der Waals surface area contributed by atoms with Gasteiger partial charge >= 0.3 is 0 Å². The largest absolute Gasteiger partial charge is 0.491 e. The van der Waals surface area contributed by atoms with E-state index in [4.69, 9.17) is 23.7 Å². The third-order valence-corrected chi connectivity index (χ3v) is 9.17. The van der Waals surface area contributed by atoms with E-state index in [-0.39, 0.29) is 36.5 Å². The molecule has 5 N–H and O–H groups in total. The molecule has 2 saturated heterocycles. The van der Waals surface area contributed by atoms with Crippen LogP contribution in [0.2, 0.25) is 0 Å². The van der Waals surface area contributed by atoms with Crippen molar-refractivity contribution in [1.82, 2.24) is 16.0 Å². The van der Waals surface area contributed by atoms with Crippen molar-refractivity contribution in [2.75, 3.05) is 27.8 Å². The average molecular weight is 724 g/mol. The highest BCUT2D eigenvalue weighted by Gasteiger charge is 2.44. The maximum atomic E-state index is 12.9. The van der Waals surface area contributed by atoms with Crippen LogP contribution < -0.4 is 16.0 Å². The number of carbonyl (C=O) groups excluding carboxylic acids is 1. The molecule has 1 amide bonds. The lowest BCUT2D eigenvalue weighted by atomic mass is 9.95. The number of hydrogen-bond donors (Lipinski definition) is 5. The number of aliphatic hydroxyl groups is 2. The van der Waals surface area contributed by atoms with E-state index in [1.54, 1.807) is 44.4 Å². The van der Waals surface area contributed by atoms with Crippen LogP contribution in [0, 0.1) is 0 Å². The number of allylic oxidation sites excluding steroid dienone is 14. The molecule has 0 spiro atoms. The van der Waals surface area contributed by atoms with Crippen molar-refractivity contribution >= 4 is 5.91 Å². The fourth-order valence-electron chi connectivity index (χ4n) is 6.17. The second-order valence-corrected chi connectivity index (χ2v) is 13.8. The Morgan fingerprint density at radius 2 is 1.65 bits per heavy atom. The number of rotatable bonds is 7. The third kappa shape index (κ3) is 13.5. The van der Waals surface area contributed by atoms with Gasteiger partial charge in [-0.2, -0.15) is 0 Å². The first-order valence-corrected chi connectivity index (χ1v) is 18.1. The smallest absolute Gasteiger partial charge is 0.286 e. The van der Waals surface area contributed by atoms with Gasteiger partial charge in [0, 0.05) is 18.5 Å². The molecule has 10 atom stereocenters. The van der Waals surface area contributed by atoms with Crippen LogP contribution in [0.25, 0.3) is 0 Å². The molecule has 11 heteroatoms. The van der Waals surface area contributed by atoms with Crippen molar-refractivity contribution < 1.29 is 38.7 Å². The molecule has 3 heterocycles. The number of methoxy groups -OCH3 is 1. The van der Waals surface area contributed by atoms with E-state index >= 15 is 0 Å². The van der Waals surface area contributed by atoms with Gasteiger partial charge < -0.3 is 49.8 Å². The normalized spacial score (nSPS) is 41.6. The summed E-state index contributed by atoms with van der Waals surface area (Å²) in [6.07, 6.45) is 23.4. The number of ether oxygens (including phenoxy) is 5. The Morgan fingerprint density at radius 1 is 0.923 bits per heavy atom. The van der Waals surface area contributed by atoms with Gasteiger partial charge in [-0.25, -0.2) is 0 Å². The van der Waals surface area contributed by atoms with E-state index in [1.165, 1.54) is 7.11 Å². The van der Waals surface area contributed by atoms with E-state index in [1.807, 2.05) is 96.4 Å². The molecule has 2 fully saturated rings. The summed E-state index contributed by atoms with van der Waals surface area (Å²) in [5, 5.41) is 32.4. The molecule has 11 nitrogen and oxygen atoms in total.